The van der Waals surface area contributed by atoms with Crippen molar-refractivity contribution in [3.05, 3.63) is 35.4 Å². The van der Waals surface area contributed by atoms with Gasteiger partial charge in [0.05, 0.1) is 6.42 Å². The molecular formula is C25H40N4O5. The number of rotatable bonds is 12. The molecule has 0 saturated heterocycles. The Labute approximate surface area is 202 Å². The Morgan fingerprint density at radius 1 is 1.06 bits per heavy atom. The second-order valence-electron chi connectivity index (χ2n) is 9.14. The molecule has 0 heterocycles. The second kappa shape index (κ2) is 13.6. The van der Waals surface area contributed by atoms with Crippen molar-refractivity contribution in [3.8, 4) is 0 Å². The molecule has 9 heteroatoms. The number of unbranched alkanes of at least 4 members (excludes halogenated alkanes) is 1. The molecule has 0 aliphatic rings. The van der Waals surface area contributed by atoms with Crippen LogP contribution in [0.5, 0.6) is 0 Å². The molecule has 0 aliphatic carbocycles. The van der Waals surface area contributed by atoms with Crippen LogP contribution in [0.4, 0.5) is 4.79 Å². The number of aryl methyl sites for hydroxylation is 1. The molecule has 0 radical (unpaired) electrons. The van der Waals surface area contributed by atoms with Gasteiger partial charge in [-0.2, -0.15) is 0 Å². The zero-order valence-electron chi connectivity index (χ0n) is 21.3. The standard InChI is InChI=1S/C25H40N4O5/c1-7-10-15-27-22(31)21(18-13-11-17(8-2)12-14-18)29(9-3)23(32)19(16-20(26)30)28-24(33)34-25(4,5)6/h11-14,19,21H,7-10,15-16H2,1-6H3,(H2,26,30)(H,27,31)(H,28,33). The molecule has 2 unspecified atom stereocenters. The number of amides is 4. The monoisotopic (exact) mass is 476 g/mol. The molecule has 34 heavy (non-hydrogen) atoms. The predicted octanol–water partition coefficient (Wildman–Crippen LogP) is 2.82. The zero-order valence-corrected chi connectivity index (χ0v) is 21.3. The molecule has 1 rings (SSSR count). The molecule has 0 saturated carbocycles. The lowest BCUT2D eigenvalue weighted by atomic mass is 10.00. The predicted molar refractivity (Wildman–Crippen MR) is 131 cm³/mol. The molecule has 4 N–H and O–H groups in total. The van der Waals surface area contributed by atoms with Gasteiger partial charge in [-0.05, 0) is 51.7 Å². The summed E-state index contributed by atoms with van der Waals surface area (Å²) in [5.74, 6) is -1.69. The number of ether oxygens (including phenoxy) is 1. The van der Waals surface area contributed by atoms with Crippen molar-refractivity contribution in [3.63, 3.8) is 0 Å². The fraction of sp³-hybridized carbons (Fsp3) is 0.600. The summed E-state index contributed by atoms with van der Waals surface area (Å²) in [4.78, 5) is 52.2. The van der Waals surface area contributed by atoms with E-state index in [1.807, 2.05) is 38.1 Å². The molecule has 1 aromatic rings. The van der Waals surface area contributed by atoms with Crippen LogP contribution in [0.15, 0.2) is 24.3 Å². The van der Waals surface area contributed by atoms with E-state index >= 15 is 0 Å². The van der Waals surface area contributed by atoms with Gasteiger partial charge < -0.3 is 26.0 Å². The number of nitrogens with two attached hydrogens (primary N) is 1. The SMILES string of the molecule is CCCCNC(=O)C(c1ccc(CC)cc1)N(CC)C(=O)C(CC(N)=O)NC(=O)OC(C)(C)C. The fourth-order valence-corrected chi connectivity index (χ4v) is 3.41. The summed E-state index contributed by atoms with van der Waals surface area (Å²) in [7, 11) is 0. The van der Waals surface area contributed by atoms with E-state index in [-0.39, 0.29) is 12.5 Å². The van der Waals surface area contributed by atoms with Gasteiger partial charge in [0.1, 0.15) is 17.7 Å². The largest absolute Gasteiger partial charge is 0.444 e. The first-order chi connectivity index (χ1) is 15.9. The van der Waals surface area contributed by atoms with Crippen LogP contribution in [0, 0.1) is 0 Å². The first-order valence-corrected chi connectivity index (χ1v) is 11.9. The Bertz CT molecular complexity index is 833. The van der Waals surface area contributed by atoms with E-state index in [9.17, 15) is 19.2 Å². The summed E-state index contributed by atoms with van der Waals surface area (Å²) in [6, 6.07) is 5.27. The van der Waals surface area contributed by atoms with Crippen LogP contribution in [0.1, 0.15) is 78.0 Å². The zero-order chi connectivity index (χ0) is 25.9. The molecule has 0 spiro atoms. The normalized spacial score (nSPS) is 12.9. The summed E-state index contributed by atoms with van der Waals surface area (Å²) in [6.45, 7) is 11.5. The van der Waals surface area contributed by atoms with Crippen LogP contribution >= 0.6 is 0 Å². The molecule has 0 aromatic heterocycles. The van der Waals surface area contributed by atoms with Crippen LogP contribution in [-0.4, -0.2) is 53.4 Å². The van der Waals surface area contributed by atoms with Gasteiger partial charge in [0.15, 0.2) is 0 Å². The highest BCUT2D eigenvalue weighted by Crippen LogP contribution is 2.24. The van der Waals surface area contributed by atoms with Crippen molar-refractivity contribution in [2.45, 2.75) is 84.9 Å². The van der Waals surface area contributed by atoms with Crippen molar-refractivity contribution in [1.29, 1.82) is 0 Å². The third-order valence-electron chi connectivity index (χ3n) is 5.11. The van der Waals surface area contributed by atoms with E-state index in [1.165, 1.54) is 4.90 Å². The van der Waals surface area contributed by atoms with Gasteiger partial charge in [-0.15, -0.1) is 0 Å². The maximum Gasteiger partial charge on any atom is 0.408 e. The number of alkyl carbamates (subject to hydrolysis) is 1. The van der Waals surface area contributed by atoms with Crippen LogP contribution in [-0.2, 0) is 25.5 Å². The average molecular weight is 477 g/mol. The molecule has 2 atom stereocenters. The van der Waals surface area contributed by atoms with Gasteiger partial charge in [0.2, 0.25) is 17.7 Å². The van der Waals surface area contributed by atoms with E-state index in [0.29, 0.717) is 12.1 Å². The Morgan fingerprint density at radius 2 is 1.68 bits per heavy atom. The van der Waals surface area contributed by atoms with Crippen LogP contribution in [0.2, 0.25) is 0 Å². The number of nitrogens with zero attached hydrogens (tertiary/aromatic N) is 1. The summed E-state index contributed by atoms with van der Waals surface area (Å²) in [5, 5.41) is 5.35. The maximum absolute atomic E-state index is 13.6. The van der Waals surface area contributed by atoms with Gasteiger partial charge >= 0.3 is 6.09 Å². The first-order valence-electron chi connectivity index (χ1n) is 11.9. The van der Waals surface area contributed by atoms with Gasteiger partial charge in [0.25, 0.3) is 0 Å². The van der Waals surface area contributed by atoms with Crippen molar-refractivity contribution < 1.29 is 23.9 Å². The fourth-order valence-electron chi connectivity index (χ4n) is 3.41. The van der Waals surface area contributed by atoms with E-state index in [4.69, 9.17) is 10.5 Å². The van der Waals surface area contributed by atoms with E-state index in [0.717, 1.165) is 24.8 Å². The number of nitrogens with one attached hydrogen (secondary N) is 2. The third kappa shape index (κ3) is 9.41. The lowest BCUT2D eigenvalue weighted by Gasteiger charge is -2.33. The molecule has 0 aliphatic heterocycles. The highest BCUT2D eigenvalue weighted by molar-refractivity contribution is 5.94. The Balaban J connectivity index is 3.31. The molecule has 9 nitrogen and oxygen atoms in total. The number of carbonyl (C=O) groups is 4. The molecule has 1 aromatic carbocycles. The van der Waals surface area contributed by atoms with Crippen molar-refractivity contribution in [2.24, 2.45) is 5.73 Å². The van der Waals surface area contributed by atoms with Crippen LogP contribution in [0.25, 0.3) is 0 Å². The van der Waals surface area contributed by atoms with Crippen molar-refractivity contribution >= 4 is 23.8 Å². The number of likely N-dealkylation sites (N-methyl/N-ethyl adjacent to an activating group) is 1. The molecule has 4 amide bonds. The third-order valence-corrected chi connectivity index (χ3v) is 5.11. The highest BCUT2D eigenvalue weighted by atomic mass is 16.6. The maximum atomic E-state index is 13.6. The topological polar surface area (TPSA) is 131 Å². The molecular weight excluding hydrogens is 436 g/mol. The van der Waals surface area contributed by atoms with Crippen LogP contribution in [0.3, 0.4) is 0 Å². The number of carbonyl (C=O) groups excluding carboxylic acids is 4. The van der Waals surface area contributed by atoms with Gasteiger partial charge in [-0.1, -0.05) is 44.5 Å². The quantitative estimate of drug-likeness (QED) is 0.399. The Hall–Kier alpha value is -3.10. The van der Waals surface area contributed by atoms with Crippen LogP contribution < -0.4 is 16.4 Å². The first kappa shape index (κ1) is 28.9. The van der Waals surface area contributed by atoms with Gasteiger partial charge in [0, 0.05) is 13.1 Å². The Kier molecular flexibility index (Phi) is 11.5. The minimum Gasteiger partial charge on any atom is -0.444 e. The smallest absolute Gasteiger partial charge is 0.408 e. The summed E-state index contributed by atoms with van der Waals surface area (Å²) < 4.78 is 5.24. The molecule has 0 fully saturated rings. The average Bonchev–Trinajstić information content (AvgIpc) is 2.75. The minimum absolute atomic E-state index is 0.172. The molecule has 190 valence electrons. The Morgan fingerprint density at radius 3 is 2.15 bits per heavy atom. The van der Waals surface area contributed by atoms with Crippen molar-refractivity contribution in [2.75, 3.05) is 13.1 Å². The van der Waals surface area contributed by atoms with E-state index in [1.54, 1.807) is 27.7 Å². The lowest BCUT2D eigenvalue weighted by Crippen LogP contribution is -2.54. The number of primary amides is 1. The summed E-state index contributed by atoms with van der Waals surface area (Å²) >= 11 is 0. The van der Waals surface area contributed by atoms with Gasteiger partial charge in [-0.25, -0.2) is 4.79 Å². The number of hydrogen-bond acceptors (Lipinski definition) is 5. The summed E-state index contributed by atoms with van der Waals surface area (Å²) in [6.07, 6.45) is 1.28. The minimum atomic E-state index is -1.27. The number of benzene rings is 1. The summed E-state index contributed by atoms with van der Waals surface area (Å²) in [5.41, 5.74) is 6.29. The lowest BCUT2D eigenvalue weighted by molar-refractivity contribution is -0.143. The second-order valence-corrected chi connectivity index (χ2v) is 9.14. The highest BCUT2D eigenvalue weighted by Gasteiger charge is 2.36. The van der Waals surface area contributed by atoms with Gasteiger partial charge in [-0.3, -0.25) is 14.4 Å². The number of hydrogen-bond donors (Lipinski definition) is 3. The van der Waals surface area contributed by atoms with E-state index < -0.39 is 42.0 Å². The molecule has 0 bridgehead atoms. The van der Waals surface area contributed by atoms with E-state index in [2.05, 4.69) is 10.6 Å². The van der Waals surface area contributed by atoms with Crippen molar-refractivity contribution in [1.82, 2.24) is 15.5 Å².